The molecule has 0 saturated carbocycles. The smallest absolute Gasteiger partial charge is 0.256 e. The molecule has 0 atom stereocenters. The second-order valence-electron chi connectivity index (χ2n) is 6.28. The van der Waals surface area contributed by atoms with Crippen LogP contribution in [0.2, 0.25) is 0 Å². The summed E-state index contributed by atoms with van der Waals surface area (Å²) in [6.45, 7) is 1.81. The SMILES string of the molecule is O=c1[nH]c(-c2ccccc2)c(OC2CCNCC2)c2ccc(F)cc12. The number of fused-ring (bicyclic) bond motifs is 1. The minimum Gasteiger partial charge on any atom is -0.487 e. The molecule has 4 nitrogen and oxygen atoms in total. The normalized spacial score (nSPS) is 15.4. The average Bonchev–Trinajstić information content (AvgIpc) is 2.65. The number of nitrogens with one attached hydrogen (secondary N) is 2. The van der Waals surface area contributed by atoms with Gasteiger partial charge < -0.3 is 15.0 Å². The number of rotatable bonds is 3. The third-order valence-corrected chi connectivity index (χ3v) is 4.57. The van der Waals surface area contributed by atoms with Crippen molar-refractivity contribution in [1.82, 2.24) is 10.3 Å². The molecule has 0 aliphatic carbocycles. The van der Waals surface area contributed by atoms with Gasteiger partial charge in [-0.3, -0.25) is 4.79 Å². The first-order valence-corrected chi connectivity index (χ1v) is 8.51. The van der Waals surface area contributed by atoms with Gasteiger partial charge >= 0.3 is 0 Å². The van der Waals surface area contributed by atoms with E-state index in [2.05, 4.69) is 10.3 Å². The molecule has 1 aliphatic heterocycles. The van der Waals surface area contributed by atoms with Gasteiger partial charge in [-0.15, -0.1) is 0 Å². The first-order valence-electron chi connectivity index (χ1n) is 8.51. The van der Waals surface area contributed by atoms with Gasteiger partial charge in [-0.1, -0.05) is 30.3 Å². The molecule has 0 bridgehead atoms. The van der Waals surface area contributed by atoms with Crippen molar-refractivity contribution in [2.45, 2.75) is 18.9 Å². The minimum atomic E-state index is -0.432. The fourth-order valence-corrected chi connectivity index (χ4v) is 3.29. The first kappa shape index (κ1) is 15.8. The minimum absolute atomic E-state index is 0.0721. The number of aromatic nitrogens is 1. The molecule has 1 saturated heterocycles. The Balaban J connectivity index is 1.91. The summed E-state index contributed by atoms with van der Waals surface area (Å²) >= 11 is 0. The Morgan fingerprint density at radius 3 is 2.52 bits per heavy atom. The van der Waals surface area contributed by atoms with Crippen LogP contribution in [0, 0.1) is 5.82 Å². The fourth-order valence-electron chi connectivity index (χ4n) is 3.29. The Morgan fingerprint density at radius 1 is 1.00 bits per heavy atom. The van der Waals surface area contributed by atoms with Crippen LogP contribution in [-0.2, 0) is 0 Å². The van der Waals surface area contributed by atoms with Crippen LogP contribution in [0.5, 0.6) is 5.75 Å². The largest absolute Gasteiger partial charge is 0.487 e. The molecule has 25 heavy (non-hydrogen) atoms. The van der Waals surface area contributed by atoms with Crippen molar-refractivity contribution >= 4 is 10.8 Å². The molecule has 0 spiro atoms. The van der Waals surface area contributed by atoms with Gasteiger partial charge in [0.05, 0.1) is 11.1 Å². The molecule has 1 aliphatic rings. The summed E-state index contributed by atoms with van der Waals surface area (Å²) in [6, 6.07) is 13.9. The van der Waals surface area contributed by atoms with Gasteiger partial charge in [-0.2, -0.15) is 0 Å². The van der Waals surface area contributed by atoms with E-state index in [1.165, 1.54) is 12.1 Å². The highest BCUT2D eigenvalue weighted by Crippen LogP contribution is 2.35. The highest BCUT2D eigenvalue weighted by Gasteiger charge is 2.20. The fraction of sp³-hybridized carbons (Fsp3) is 0.250. The lowest BCUT2D eigenvalue weighted by Gasteiger charge is -2.25. The summed E-state index contributed by atoms with van der Waals surface area (Å²) in [5.41, 5.74) is 1.20. The molecule has 128 valence electrons. The van der Waals surface area contributed by atoms with Gasteiger partial charge in [-0.25, -0.2) is 4.39 Å². The van der Waals surface area contributed by atoms with Crippen LogP contribution >= 0.6 is 0 Å². The maximum atomic E-state index is 13.6. The van der Waals surface area contributed by atoms with E-state index in [9.17, 15) is 9.18 Å². The molecule has 2 heterocycles. The van der Waals surface area contributed by atoms with Crippen molar-refractivity contribution < 1.29 is 9.13 Å². The quantitative estimate of drug-likeness (QED) is 0.769. The summed E-state index contributed by atoms with van der Waals surface area (Å²) < 4.78 is 19.9. The maximum Gasteiger partial charge on any atom is 0.256 e. The number of benzene rings is 2. The van der Waals surface area contributed by atoms with Gasteiger partial charge in [0.2, 0.25) is 0 Å². The zero-order valence-electron chi connectivity index (χ0n) is 13.7. The monoisotopic (exact) mass is 338 g/mol. The number of aromatic amines is 1. The highest BCUT2D eigenvalue weighted by atomic mass is 19.1. The van der Waals surface area contributed by atoms with Crippen LogP contribution < -0.4 is 15.6 Å². The van der Waals surface area contributed by atoms with E-state index in [-0.39, 0.29) is 11.7 Å². The number of halogens is 1. The number of ether oxygens (including phenoxy) is 1. The summed E-state index contributed by atoms with van der Waals surface area (Å²) in [7, 11) is 0. The number of pyridine rings is 1. The van der Waals surface area contributed by atoms with Crippen LogP contribution in [0.1, 0.15) is 12.8 Å². The lowest BCUT2D eigenvalue weighted by Crippen LogP contribution is -2.34. The van der Waals surface area contributed by atoms with Crippen LogP contribution in [0.3, 0.4) is 0 Å². The van der Waals surface area contributed by atoms with Crippen LogP contribution in [0.25, 0.3) is 22.0 Å². The molecule has 2 aromatic carbocycles. The van der Waals surface area contributed by atoms with Crippen LogP contribution in [0.15, 0.2) is 53.3 Å². The van der Waals surface area contributed by atoms with Crippen LogP contribution in [0.4, 0.5) is 4.39 Å². The first-order chi connectivity index (χ1) is 12.2. The number of hydrogen-bond donors (Lipinski definition) is 2. The average molecular weight is 338 g/mol. The second-order valence-corrected chi connectivity index (χ2v) is 6.28. The molecule has 1 fully saturated rings. The standard InChI is InChI=1S/C20H19FN2O2/c21-14-6-7-16-17(12-14)20(24)23-18(13-4-2-1-3-5-13)19(16)25-15-8-10-22-11-9-15/h1-7,12,15,22H,8-11H2,(H,23,24). The Hall–Kier alpha value is -2.66. The van der Waals surface area contributed by atoms with Gasteiger partial charge in [0.25, 0.3) is 5.56 Å². The van der Waals surface area contributed by atoms with Gasteiger partial charge in [-0.05, 0) is 44.1 Å². The predicted molar refractivity (Wildman–Crippen MR) is 96.5 cm³/mol. The van der Waals surface area contributed by atoms with Gasteiger partial charge in [0.15, 0.2) is 5.75 Å². The van der Waals surface area contributed by atoms with E-state index in [1.807, 2.05) is 30.3 Å². The molecule has 0 unspecified atom stereocenters. The number of hydrogen-bond acceptors (Lipinski definition) is 3. The van der Waals surface area contributed by atoms with E-state index in [1.54, 1.807) is 6.07 Å². The second kappa shape index (κ2) is 6.69. The maximum absolute atomic E-state index is 13.6. The molecular formula is C20H19FN2O2. The molecule has 2 N–H and O–H groups in total. The van der Waals surface area contributed by atoms with Gasteiger partial charge in [0.1, 0.15) is 11.9 Å². The highest BCUT2D eigenvalue weighted by molar-refractivity contribution is 5.93. The van der Waals surface area contributed by atoms with Crippen LogP contribution in [-0.4, -0.2) is 24.2 Å². The zero-order valence-corrected chi connectivity index (χ0v) is 13.7. The molecular weight excluding hydrogens is 319 g/mol. The summed E-state index contributed by atoms with van der Waals surface area (Å²) in [5, 5.41) is 4.26. The Bertz CT molecular complexity index is 947. The third kappa shape index (κ3) is 3.15. The third-order valence-electron chi connectivity index (χ3n) is 4.57. The Kier molecular flexibility index (Phi) is 4.24. The van der Waals surface area contributed by atoms with Crippen molar-refractivity contribution in [3.05, 3.63) is 64.7 Å². The van der Waals surface area contributed by atoms with Crippen molar-refractivity contribution in [3.63, 3.8) is 0 Å². The van der Waals surface area contributed by atoms with E-state index in [0.29, 0.717) is 22.2 Å². The molecule has 0 radical (unpaired) electrons. The summed E-state index contributed by atoms with van der Waals surface area (Å²) in [4.78, 5) is 15.4. The summed E-state index contributed by atoms with van der Waals surface area (Å²) in [5.74, 6) is 0.186. The predicted octanol–water partition coefficient (Wildman–Crippen LogP) is 3.47. The Morgan fingerprint density at radius 2 is 1.76 bits per heavy atom. The van der Waals surface area contributed by atoms with Crippen molar-refractivity contribution in [3.8, 4) is 17.0 Å². The Labute approximate surface area is 144 Å². The molecule has 0 amide bonds. The molecule has 4 rings (SSSR count). The van der Waals surface area contributed by atoms with Crippen molar-refractivity contribution in [2.24, 2.45) is 0 Å². The number of H-pyrrole nitrogens is 1. The van der Waals surface area contributed by atoms with E-state index in [0.717, 1.165) is 31.5 Å². The van der Waals surface area contributed by atoms with E-state index >= 15 is 0 Å². The van der Waals surface area contributed by atoms with E-state index < -0.39 is 5.82 Å². The van der Waals surface area contributed by atoms with Gasteiger partial charge in [0, 0.05) is 10.9 Å². The van der Waals surface area contributed by atoms with Crippen molar-refractivity contribution in [2.75, 3.05) is 13.1 Å². The lowest BCUT2D eigenvalue weighted by molar-refractivity contribution is 0.165. The molecule has 1 aromatic heterocycles. The lowest BCUT2D eigenvalue weighted by atomic mass is 10.0. The topological polar surface area (TPSA) is 54.1 Å². The molecule has 5 heteroatoms. The zero-order chi connectivity index (χ0) is 17.2. The molecule has 3 aromatic rings. The van der Waals surface area contributed by atoms with E-state index in [4.69, 9.17) is 4.74 Å². The summed E-state index contributed by atoms with van der Waals surface area (Å²) in [6.07, 6.45) is 1.87. The van der Waals surface area contributed by atoms with Crippen molar-refractivity contribution in [1.29, 1.82) is 0 Å². The number of piperidine rings is 1.